The van der Waals surface area contributed by atoms with Gasteiger partial charge in [-0.3, -0.25) is 0 Å². The fourth-order valence-electron chi connectivity index (χ4n) is 1.55. The second-order valence-electron chi connectivity index (χ2n) is 4.28. The second-order valence-corrected chi connectivity index (χ2v) is 5.53. The summed E-state index contributed by atoms with van der Waals surface area (Å²) >= 11 is 7.57. The molecule has 0 saturated heterocycles. The molecule has 0 saturated carbocycles. The number of halogens is 1. The molecule has 1 unspecified atom stereocenters. The lowest BCUT2D eigenvalue weighted by atomic mass is 10.2. The Labute approximate surface area is 115 Å². The van der Waals surface area contributed by atoms with E-state index in [2.05, 4.69) is 27.4 Å². The predicted octanol–water partition coefficient (Wildman–Crippen LogP) is 3.68. The van der Waals surface area contributed by atoms with Gasteiger partial charge >= 0.3 is 0 Å². The van der Waals surface area contributed by atoms with Crippen LogP contribution in [0.5, 0.6) is 0 Å². The number of nitrogens with zero attached hydrogens (tertiary/aromatic N) is 3. The zero-order valence-corrected chi connectivity index (χ0v) is 12.4. The summed E-state index contributed by atoms with van der Waals surface area (Å²) in [6.45, 7) is 7.97. The summed E-state index contributed by atoms with van der Waals surface area (Å²) in [6, 6.07) is 0.109. The fourth-order valence-corrected chi connectivity index (χ4v) is 2.53. The van der Waals surface area contributed by atoms with E-state index in [1.807, 2.05) is 26.2 Å². The Kier molecular flexibility index (Phi) is 3.82. The van der Waals surface area contributed by atoms with E-state index < -0.39 is 0 Å². The lowest BCUT2D eigenvalue weighted by Gasteiger charge is -2.14. The second kappa shape index (κ2) is 5.20. The molecule has 0 aliphatic heterocycles. The highest BCUT2D eigenvalue weighted by Gasteiger charge is 2.13. The molecule has 0 aliphatic rings. The van der Waals surface area contributed by atoms with Crippen LogP contribution < -0.4 is 5.32 Å². The highest BCUT2D eigenvalue weighted by atomic mass is 35.5. The molecule has 0 radical (unpaired) electrons. The summed E-state index contributed by atoms with van der Waals surface area (Å²) in [4.78, 5) is 4.46. The largest absolute Gasteiger partial charge is 0.359 e. The van der Waals surface area contributed by atoms with E-state index in [9.17, 15) is 0 Å². The van der Waals surface area contributed by atoms with Crippen LogP contribution in [0.2, 0.25) is 5.15 Å². The van der Waals surface area contributed by atoms with Gasteiger partial charge in [-0.2, -0.15) is 0 Å². The summed E-state index contributed by atoms with van der Waals surface area (Å²) in [5.74, 6) is 0.761. The number of nitrogens with one attached hydrogen (secondary N) is 1. The maximum Gasteiger partial charge on any atom is 0.155 e. The van der Waals surface area contributed by atoms with Crippen molar-refractivity contribution in [2.45, 2.75) is 33.7 Å². The predicted molar refractivity (Wildman–Crippen MR) is 75.4 cm³/mol. The monoisotopic (exact) mass is 282 g/mol. The molecule has 0 aliphatic carbocycles. The topological polar surface area (TPSA) is 50.7 Å². The van der Waals surface area contributed by atoms with E-state index in [0.717, 1.165) is 27.6 Å². The van der Waals surface area contributed by atoms with Crippen molar-refractivity contribution in [2.75, 3.05) is 5.32 Å². The normalized spacial score (nSPS) is 12.5. The van der Waals surface area contributed by atoms with Gasteiger partial charge in [0.05, 0.1) is 6.04 Å². The van der Waals surface area contributed by atoms with Crippen LogP contribution >= 0.6 is 22.9 Å². The summed E-state index contributed by atoms with van der Waals surface area (Å²) in [7, 11) is 0. The van der Waals surface area contributed by atoms with Crippen molar-refractivity contribution in [1.82, 2.24) is 15.2 Å². The molecule has 0 aromatic carbocycles. The molecule has 2 aromatic rings. The third-order valence-corrected chi connectivity index (χ3v) is 4.33. The van der Waals surface area contributed by atoms with Crippen molar-refractivity contribution in [3.63, 3.8) is 0 Å². The summed E-state index contributed by atoms with van der Waals surface area (Å²) in [5.41, 5.74) is 3.02. The molecule has 0 bridgehead atoms. The molecule has 1 atom stereocenters. The number of thiazole rings is 1. The van der Waals surface area contributed by atoms with Crippen LogP contribution in [0, 0.1) is 20.8 Å². The summed E-state index contributed by atoms with van der Waals surface area (Å²) < 4.78 is 0. The number of rotatable bonds is 3. The smallest absolute Gasteiger partial charge is 0.155 e. The van der Waals surface area contributed by atoms with Gasteiger partial charge in [0.1, 0.15) is 5.01 Å². The standard InChI is InChI=1S/C12H15ClN4S/c1-6-5-18-12(14-6)9(4)15-11-8(3)7(2)10(13)16-17-11/h5,9H,1-4H3,(H,15,17). The van der Waals surface area contributed by atoms with Crippen LogP contribution in [0.15, 0.2) is 5.38 Å². The maximum atomic E-state index is 5.93. The van der Waals surface area contributed by atoms with Gasteiger partial charge in [0.25, 0.3) is 0 Å². The van der Waals surface area contributed by atoms with E-state index in [0.29, 0.717) is 5.15 Å². The first kappa shape index (κ1) is 13.2. The number of hydrogen-bond donors (Lipinski definition) is 1. The minimum atomic E-state index is 0.109. The Morgan fingerprint density at radius 2 is 1.94 bits per heavy atom. The molecule has 18 heavy (non-hydrogen) atoms. The SMILES string of the molecule is Cc1csc(C(C)Nc2nnc(Cl)c(C)c2C)n1. The van der Waals surface area contributed by atoms with Gasteiger partial charge in [-0.1, -0.05) is 11.6 Å². The van der Waals surface area contributed by atoms with E-state index in [-0.39, 0.29) is 6.04 Å². The Hall–Kier alpha value is -1.20. The minimum Gasteiger partial charge on any atom is -0.359 e. The Morgan fingerprint density at radius 3 is 2.56 bits per heavy atom. The van der Waals surface area contributed by atoms with E-state index in [1.54, 1.807) is 11.3 Å². The average Bonchev–Trinajstić information content (AvgIpc) is 2.77. The summed E-state index contributed by atoms with van der Waals surface area (Å²) in [6.07, 6.45) is 0. The van der Waals surface area contributed by atoms with Crippen molar-refractivity contribution in [2.24, 2.45) is 0 Å². The molecule has 4 nitrogen and oxygen atoms in total. The van der Waals surface area contributed by atoms with Crippen molar-refractivity contribution in [3.8, 4) is 0 Å². The fraction of sp³-hybridized carbons (Fsp3) is 0.417. The van der Waals surface area contributed by atoms with Gasteiger partial charge in [-0.15, -0.1) is 21.5 Å². The number of hydrogen-bond acceptors (Lipinski definition) is 5. The number of anilines is 1. The highest BCUT2D eigenvalue weighted by Crippen LogP contribution is 2.25. The molecular formula is C12H15ClN4S. The molecule has 0 fully saturated rings. The first-order chi connectivity index (χ1) is 8.49. The molecule has 0 amide bonds. The van der Waals surface area contributed by atoms with Crippen LogP contribution in [0.25, 0.3) is 0 Å². The lowest BCUT2D eigenvalue weighted by Crippen LogP contribution is -2.10. The molecule has 2 rings (SSSR count). The zero-order valence-electron chi connectivity index (χ0n) is 10.8. The summed E-state index contributed by atoms with van der Waals surface area (Å²) in [5, 5.41) is 14.9. The number of aryl methyl sites for hydroxylation is 1. The quantitative estimate of drug-likeness (QED) is 0.933. The van der Waals surface area contributed by atoms with Crippen LogP contribution in [-0.2, 0) is 0 Å². The van der Waals surface area contributed by atoms with Crippen molar-refractivity contribution in [1.29, 1.82) is 0 Å². The van der Waals surface area contributed by atoms with Crippen molar-refractivity contribution in [3.05, 3.63) is 32.4 Å². The molecule has 6 heteroatoms. The lowest BCUT2D eigenvalue weighted by molar-refractivity contribution is 0.838. The van der Waals surface area contributed by atoms with Gasteiger partial charge in [-0.25, -0.2) is 4.98 Å². The first-order valence-corrected chi connectivity index (χ1v) is 6.92. The van der Waals surface area contributed by atoms with E-state index in [1.165, 1.54) is 0 Å². The Bertz CT molecular complexity index is 567. The van der Waals surface area contributed by atoms with Gasteiger partial charge in [0.2, 0.25) is 0 Å². The highest BCUT2D eigenvalue weighted by molar-refractivity contribution is 7.09. The maximum absolute atomic E-state index is 5.93. The van der Waals surface area contributed by atoms with Crippen LogP contribution in [0.1, 0.15) is 34.8 Å². The van der Waals surface area contributed by atoms with Gasteiger partial charge in [-0.05, 0) is 38.8 Å². The van der Waals surface area contributed by atoms with Crippen LogP contribution in [-0.4, -0.2) is 15.2 Å². The molecule has 2 heterocycles. The third kappa shape index (κ3) is 2.62. The molecule has 2 aromatic heterocycles. The minimum absolute atomic E-state index is 0.109. The van der Waals surface area contributed by atoms with Crippen LogP contribution in [0.3, 0.4) is 0 Å². The van der Waals surface area contributed by atoms with E-state index >= 15 is 0 Å². The van der Waals surface area contributed by atoms with Crippen LogP contribution in [0.4, 0.5) is 5.82 Å². The third-order valence-electron chi connectivity index (χ3n) is 2.83. The van der Waals surface area contributed by atoms with Crippen molar-refractivity contribution < 1.29 is 0 Å². The molecule has 1 N–H and O–H groups in total. The molecular weight excluding hydrogens is 268 g/mol. The van der Waals surface area contributed by atoms with E-state index in [4.69, 9.17) is 11.6 Å². The Balaban J connectivity index is 2.22. The number of aromatic nitrogens is 3. The Morgan fingerprint density at radius 1 is 1.22 bits per heavy atom. The van der Waals surface area contributed by atoms with Gasteiger partial charge in [0, 0.05) is 11.1 Å². The van der Waals surface area contributed by atoms with Crippen molar-refractivity contribution >= 4 is 28.8 Å². The first-order valence-electron chi connectivity index (χ1n) is 5.67. The van der Waals surface area contributed by atoms with Gasteiger partial charge < -0.3 is 5.32 Å². The van der Waals surface area contributed by atoms with Gasteiger partial charge in [0.15, 0.2) is 11.0 Å². The molecule has 0 spiro atoms. The average molecular weight is 283 g/mol. The molecule has 96 valence electrons. The zero-order chi connectivity index (χ0) is 13.3.